The molecule has 0 unspecified atom stereocenters. The van der Waals surface area contributed by atoms with Crippen molar-refractivity contribution < 1.29 is 22.3 Å². The quantitative estimate of drug-likeness (QED) is 0.838. The molecule has 0 aliphatic heterocycles. The molecule has 1 saturated carbocycles. The van der Waals surface area contributed by atoms with Gasteiger partial charge in [-0.1, -0.05) is 0 Å². The van der Waals surface area contributed by atoms with E-state index >= 15 is 0 Å². The normalized spacial score (nSPS) is 17.3. The minimum atomic E-state index is -4.71. The fraction of sp³-hybridized carbons (Fsp3) is 0.538. The van der Waals surface area contributed by atoms with Gasteiger partial charge in [0.2, 0.25) is 0 Å². The minimum Gasteiger partial charge on any atom is -0.493 e. The Balaban J connectivity index is 2.06. The van der Waals surface area contributed by atoms with Gasteiger partial charge in [-0.25, -0.2) is 4.39 Å². The van der Waals surface area contributed by atoms with E-state index in [0.717, 1.165) is 25.3 Å². The average Bonchev–Trinajstić information content (AvgIpc) is 3.07. The maximum absolute atomic E-state index is 13.1. The Labute approximate surface area is 108 Å². The number of alkyl halides is 3. The van der Waals surface area contributed by atoms with Crippen LogP contribution in [0.2, 0.25) is 0 Å². The monoisotopic (exact) mass is 277 g/mol. The van der Waals surface area contributed by atoms with Crippen molar-refractivity contribution >= 4 is 0 Å². The fourth-order valence-corrected chi connectivity index (χ4v) is 2.00. The summed E-state index contributed by atoms with van der Waals surface area (Å²) in [5, 5.41) is 0. The van der Waals surface area contributed by atoms with Crippen molar-refractivity contribution in [1.29, 1.82) is 0 Å². The lowest BCUT2D eigenvalue weighted by atomic mass is 10.0. The Morgan fingerprint density at radius 2 is 1.95 bits per heavy atom. The summed E-state index contributed by atoms with van der Waals surface area (Å²) < 4.78 is 56.0. The molecule has 2 nitrogen and oxygen atoms in total. The van der Waals surface area contributed by atoms with Crippen LogP contribution in [0.3, 0.4) is 0 Å². The van der Waals surface area contributed by atoms with Crippen molar-refractivity contribution in [1.82, 2.24) is 0 Å². The molecule has 0 heterocycles. The molecule has 2 rings (SSSR count). The third kappa shape index (κ3) is 3.37. The lowest BCUT2D eigenvalue weighted by molar-refractivity contribution is -0.140. The summed E-state index contributed by atoms with van der Waals surface area (Å²) in [5.74, 6) is -1.25. The van der Waals surface area contributed by atoms with E-state index in [2.05, 4.69) is 0 Å². The Morgan fingerprint density at radius 1 is 1.26 bits per heavy atom. The molecule has 0 amide bonds. The predicted octanol–water partition coefficient (Wildman–Crippen LogP) is 3.35. The van der Waals surface area contributed by atoms with E-state index in [-0.39, 0.29) is 11.2 Å². The molecule has 1 aliphatic carbocycles. The van der Waals surface area contributed by atoms with Gasteiger partial charge in [0, 0.05) is 5.41 Å². The van der Waals surface area contributed by atoms with Crippen molar-refractivity contribution in [2.45, 2.75) is 25.4 Å². The van der Waals surface area contributed by atoms with Gasteiger partial charge in [0.1, 0.15) is 11.6 Å². The number of nitrogens with two attached hydrogens (primary N) is 1. The first-order valence-corrected chi connectivity index (χ1v) is 6.06. The number of halogens is 4. The molecule has 19 heavy (non-hydrogen) atoms. The van der Waals surface area contributed by atoms with Crippen LogP contribution in [0, 0.1) is 11.2 Å². The first-order valence-electron chi connectivity index (χ1n) is 6.06. The highest BCUT2D eigenvalue weighted by Gasteiger charge is 2.42. The van der Waals surface area contributed by atoms with Crippen LogP contribution in [-0.4, -0.2) is 13.2 Å². The van der Waals surface area contributed by atoms with E-state index in [9.17, 15) is 17.6 Å². The van der Waals surface area contributed by atoms with Crippen LogP contribution in [0.1, 0.15) is 24.8 Å². The third-order valence-electron chi connectivity index (χ3n) is 3.42. The lowest BCUT2D eigenvalue weighted by Gasteiger charge is -2.16. The minimum absolute atomic E-state index is 0.00152. The van der Waals surface area contributed by atoms with Gasteiger partial charge in [-0.3, -0.25) is 0 Å². The number of ether oxygens (including phenoxy) is 1. The second kappa shape index (κ2) is 5.00. The van der Waals surface area contributed by atoms with E-state index in [1.54, 1.807) is 0 Å². The van der Waals surface area contributed by atoms with E-state index in [1.807, 2.05) is 0 Å². The summed E-state index contributed by atoms with van der Waals surface area (Å²) in [4.78, 5) is 0. The topological polar surface area (TPSA) is 35.2 Å². The molecule has 0 saturated heterocycles. The van der Waals surface area contributed by atoms with Crippen LogP contribution in [-0.2, 0) is 6.18 Å². The van der Waals surface area contributed by atoms with E-state index < -0.39 is 17.6 Å². The molecule has 6 heteroatoms. The number of benzene rings is 1. The molecule has 0 aromatic heterocycles. The molecule has 1 fully saturated rings. The molecule has 1 aromatic carbocycles. The van der Waals surface area contributed by atoms with Gasteiger partial charge in [-0.15, -0.1) is 0 Å². The standard InChI is InChI=1S/C13H15F4NO/c14-11-2-1-9(7-10(11)13(15,16)17)19-8-12(3-4-12)5-6-18/h1-2,7H,3-6,8,18H2. The molecular weight excluding hydrogens is 262 g/mol. The smallest absolute Gasteiger partial charge is 0.419 e. The first-order chi connectivity index (χ1) is 8.86. The lowest BCUT2D eigenvalue weighted by Crippen LogP contribution is -2.18. The summed E-state index contributed by atoms with van der Waals surface area (Å²) >= 11 is 0. The molecule has 1 aliphatic rings. The summed E-state index contributed by atoms with van der Waals surface area (Å²) in [6.45, 7) is 0.855. The van der Waals surface area contributed by atoms with Crippen LogP contribution in [0.15, 0.2) is 18.2 Å². The highest BCUT2D eigenvalue weighted by Crippen LogP contribution is 2.48. The van der Waals surface area contributed by atoms with Gasteiger partial charge >= 0.3 is 6.18 Å². The van der Waals surface area contributed by atoms with Crippen LogP contribution in [0.25, 0.3) is 0 Å². The molecule has 106 valence electrons. The second-order valence-corrected chi connectivity index (χ2v) is 4.97. The van der Waals surface area contributed by atoms with Crippen molar-refractivity contribution in [3.63, 3.8) is 0 Å². The zero-order valence-corrected chi connectivity index (χ0v) is 10.3. The van der Waals surface area contributed by atoms with Crippen molar-refractivity contribution in [2.24, 2.45) is 11.1 Å². The summed E-state index contributed by atoms with van der Waals surface area (Å²) in [5.41, 5.74) is 4.17. The van der Waals surface area contributed by atoms with E-state index in [1.165, 1.54) is 6.07 Å². The number of rotatable bonds is 5. The zero-order valence-electron chi connectivity index (χ0n) is 10.3. The number of hydrogen-bond donors (Lipinski definition) is 1. The highest BCUT2D eigenvalue weighted by atomic mass is 19.4. The second-order valence-electron chi connectivity index (χ2n) is 4.97. The Bertz CT molecular complexity index is 454. The van der Waals surface area contributed by atoms with Crippen molar-refractivity contribution in [2.75, 3.05) is 13.2 Å². The van der Waals surface area contributed by atoms with Gasteiger partial charge in [0.15, 0.2) is 0 Å². The van der Waals surface area contributed by atoms with E-state index in [0.29, 0.717) is 19.2 Å². The highest BCUT2D eigenvalue weighted by molar-refractivity contribution is 5.31. The molecule has 0 spiro atoms. The first kappa shape index (κ1) is 14.1. The zero-order chi connectivity index (χ0) is 14.1. The maximum atomic E-state index is 13.1. The maximum Gasteiger partial charge on any atom is 0.419 e. The van der Waals surface area contributed by atoms with Gasteiger partial charge < -0.3 is 10.5 Å². The average molecular weight is 277 g/mol. The fourth-order valence-electron chi connectivity index (χ4n) is 2.00. The van der Waals surface area contributed by atoms with Gasteiger partial charge in [-0.05, 0) is 44.0 Å². The van der Waals surface area contributed by atoms with Crippen LogP contribution in [0.4, 0.5) is 17.6 Å². The predicted molar refractivity (Wildman–Crippen MR) is 62.2 cm³/mol. The summed E-state index contributed by atoms with van der Waals surface area (Å²) in [6.07, 6.45) is -1.98. The van der Waals surface area contributed by atoms with Crippen LogP contribution >= 0.6 is 0 Å². The Kier molecular flexibility index (Phi) is 3.71. The summed E-state index contributed by atoms with van der Waals surface area (Å²) in [7, 11) is 0. The molecule has 0 bridgehead atoms. The molecule has 0 atom stereocenters. The van der Waals surface area contributed by atoms with Crippen molar-refractivity contribution in [3.8, 4) is 5.75 Å². The molecule has 2 N–H and O–H groups in total. The van der Waals surface area contributed by atoms with Crippen molar-refractivity contribution in [3.05, 3.63) is 29.6 Å². The molecular formula is C13H15F4NO. The third-order valence-corrected chi connectivity index (χ3v) is 3.42. The SMILES string of the molecule is NCCC1(COc2ccc(F)c(C(F)(F)F)c2)CC1. The van der Waals surface area contributed by atoms with E-state index in [4.69, 9.17) is 10.5 Å². The molecule has 1 aromatic rings. The van der Waals surface area contributed by atoms with Crippen LogP contribution < -0.4 is 10.5 Å². The largest absolute Gasteiger partial charge is 0.493 e. The van der Waals surface area contributed by atoms with Crippen LogP contribution in [0.5, 0.6) is 5.75 Å². The Hall–Kier alpha value is -1.30. The van der Waals surface area contributed by atoms with Gasteiger partial charge in [0.25, 0.3) is 0 Å². The number of hydrogen-bond acceptors (Lipinski definition) is 2. The summed E-state index contributed by atoms with van der Waals surface area (Å²) in [6, 6.07) is 2.69. The Morgan fingerprint density at radius 3 is 2.47 bits per heavy atom. The van der Waals surface area contributed by atoms with Gasteiger partial charge in [-0.2, -0.15) is 13.2 Å². The molecule has 0 radical (unpaired) electrons. The van der Waals surface area contributed by atoms with Gasteiger partial charge in [0.05, 0.1) is 12.2 Å².